The van der Waals surface area contributed by atoms with Gasteiger partial charge in [-0.25, -0.2) is 4.98 Å². The Morgan fingerprint density at radius 1 is 0.429 bits per heavy atom. The number of hydrogen-bond acceptors (Lipinski definition) is 4. The third-order valence-corrected chi connectivity index (χ3v) is 12.7. The third kappa shape index (κ3) is 5.76. The molecule has 0 bridgehead atoms. The van der Waals surface area contributed by atoms with Gasteiger partial charge in [0.25, 0.3) is 0 Å². The van der Waals surface area contributed by atoms with Gasteiger partial charge in [-0.3, -0.25) is 4.57 Å². The van der Waals surface area contributed by atoms with Crippen LogP contribution in [0.2, 0.25) is 0 Å². The van der Waals surface area contributed by atoms with Crippen molar-refractivity contribution in [1.29, 1.82) is 0 Å². The number of para-hydroxylation sites is 3. The molecule has 63 heavy (non-hydrogen) atoms. The lowest BCUT2D eigenvalue weighted by molar-refractivity contribution is 0.569. The molecule has 4 aromatic heterocycles. The summed E-state index contributed by atoms with van der Waals surface area (Å²) in [4.78, 5) is 15.8. The number of benzene rings is 8. The van der Waals surface area contributed by atoms with E-state index in [0.29, 0.717) is 18.2 Å². The van der Waals surface area contributed by atoms with Gasteiger partial charge in [0.2, 0.25) is 5.95 Å². The molecule has 296 valence electrons. The molecule has 0 amide bonds. The van der Waals surface area contributed by atoms with E-state index in [1.54, 1.807) is 0 Å². The lowest BCUT2D eigenvalue weighted by Crippen LogP contribution is -2.26. The van der Waals surface area contributed by atoms with Gasteiger partial charge in [-0.1, -0.05) is 158 Å². The van der Waals surface area contributed by atoms with E-state index in [4.69, 9.17) is 19.4 Å². The molecule has 0 saturated carbocycles. The Balaban J connectivity index is 0.981. The van der Waals surface area contributed by atoms with Gasteiger partial charge in [-0.15, -0.1) is 0 Å². The van der Waals surface area contributed by atoms with Crippen molar-refractivity contribution < 1.29 is 4.42 Å². The maximum atomic E-state index is 6.73. The first-order chi connectivity index (χ1) is 31.2. The monoisotopic (exact) mass is 807 g/mol. The van der Waals surface area contributed by atoms with E-state index in [-0.39, 0.29) is 5.92 Å². The standard InChI is InChI=1S/C57H37N5O/c1-3-14-36(15-4-1)38-26-28-39(29-27-38)55-58-56(60-57(59-55)62-50-24-11-7-20-43(50)44-21-8-12-25-51(44)62)41-30-31-53-47(33-41)48-34-46-45-22-9-10-23-49(45)61(52(46)35-54(48)63-53)42-19-13-18-40(32-42)37-16-5-2-6-17-37/h1-29,31-35,41H,30H2. The molecule has 0 aliphatic heterocycles. The summed E-state index contributed by atoms with van der Waals surface area (Å²) in [6.45, 7) is 0. The van der Waals surface area contributed by atoms with Gasteiger partial charge in [0, 0.05) is 55.4 Å². The zero-order valence-corrected chi connectivity index (χ0v) is 34.1. The number of fused-ring (bicyclic) bond motifs is 9. The van der Waals surface area contributed by atoms with Crippen molar-refractivity contribution in [2.45, 2.75) is 12.3 Å². The summed E-state index contributed by atoms with van der Waals surface area (Å²) in [5.74, 6) is 1.84. The van der Waals surface area contributed by atoms with Crippen LogP contribution in [0.25, 0.3) is 112 Å². The van der Waals surface area contributed by atoms with Gasteiger partial charge in [-0.05, 0) is 71.1 Å². The molecule has 8 aromatic carbocycles. The molecule has 0 fully saturated rings. The fourth-order valence-corrected chi connectivity index (χ4v) is 9.69. The second kappa shape index (κ2) is 14.1. The molecule has 0 radical (unpaired) electrons. The van der Waals surface area contributed by atoms with Crippen LogP contribution in [-0.4, -0.2) is 24.1 Å². The van der Waals surface area contributed by atoms with Gasteiger partial charge in [0.1, 0.15) is 16.8 Å². The SMILES string of the molecule is C1=c2oc3cc4c(cc3c2=CC(c2nc(-c3ccc(-c5ccccc5)cc3)nc(-n3c5ccccc5c5ccccc53)n2)C1)c1ccccc1n4-c1cccc(-c2ccccc2)c1. The van der Waals surface area contributed by atoms with Crippen molar-refractivity contribution in [3.8, 4) is 45.3 Å². The van der Waals surface area contributed by atoms with Crippen LogP contribution in [0, 0.1) is 0 Å². The van der Waals surface area contributed by atoms with Crippen LogP contribution in [0.4, 0.5) is 0 Å². The average molecular weight is 808 g/mol. The number of rotatable bonds is 6. The summed E-state index contributed by atoms with van der Waals surface area (Å²) in [7, 11) is 0. The van der Waals surface area contributed by atoms with Gasteiger partial charge in [-0.2, -0.15) is 9.97 Å². The van der Waals surface area contributed by atoms with E-state index >= 15 is 0 Å². The number of furan rings is 1. The summed E-state index contributed by atoms with van der Waals surface area (Å²) in [5.41, 5.74) is 12.8. The molecule has 1 unspecified atom stereocenters. The van der Waals surface area contributed by atoms with Crippen LogP contribution in [-0.2, 0) is 0 Å². The minimum absolute atomic E-state index is 0.117. The summed E-state index contributed by atoms with van der Waals surface area (Å²) in [6, 6.07) is 68.5. The van der Waals surface area contributed by atoms with Gasteiger partial charge in [0.15, 0.2) is 5.82 Å². The molecule has 13 rings (SSSR count). The predicted octanol–water partition coefficient (Wildman–Crippen LogP) is 12.6. The lowest BCUT2D eigenvalue weighted by atomic mass is 9.97. The molecule has 0 saturated heterocycles. The predicted molar refractivity (Wildman–Crippen MR) is 257 cm³/mol. The summed E-state index contributed by atoms with van der Waals surface area (Å²) in [5, 5.41) is 6.84. The first-order valence-electron chi connectivity index (χ1n) is 21.5. The van der Waals surface area contributed by atoms with E-state index in [1.165, 1.54) is 27.5 Å². The zero-order chi connectivity index (χ0) is 41.4. The van der Waals surface area contributed by atoms with Crippen LogP contribution in [0.3, 0.4) is 0 Å². The van der Waals surface area contributed by atoms with Crippen molar-refractivity contribution in [2.24, 2.45) is 0 Å². The fraction of sp³-hybridized carbons (Fsp3) is 0.0351. The largest absolute Gasteiger partial charge is 0.456 e. The van der Waals surface area contributed by atoms with Crippen LogP contribution < -0.4 is 10.6 Å². The maximum absolute atomic E-state index is 6.73. The highest BCUT2D eigenvalue weighted by Crippen LogP contribution is 2.37. The first-order valence-corrected chi connectivity index (χ1v) is 21.5. The van der Waals surface area contributed by atoms with Crippen molar-refractivity contribution in [3.05, 3.63) is 211 Å². The number of aromatic nitrogens is 5. The van der Waals surface area contributed by atoms with E-state index in [1.807, 2.05) is 6.07 Å². The minimum atomic E-state index is -0.117. The van der Waals surface area contributed by atoms with Gasteiger partial charge < -0.3 is 8.98 Å². The molecular weight excluding hydrogens is 771 g/mol. The number of hydrogen-bond donors (Lipinski definition) is 0. The molecule has 1 aliphatic carbocycles. The van der Waals surface area contributed by atoms with Crippen molar-refractivity contribution in [1.82, 2.24) is 24.1 Å². The van der Waals surface area contributed by atoms with E-state index in [2.05, 4.69) is 209 Å². The Hall–Kier alpha value is -8.35. The van der Waals surface area contributed by atoms with E-state index < -0.39 is 0 Å². The Morgan fingerprint density at radius 2 is 1.00 bits per heavy atom. The van der Waals surface area contributed by atoms with Crippen LogP contribution in [0.5, 0.6) is 0 Å². The van der Waals surface area contributed by atoms with Crippen LogP contribution in [0.15, 0.2) is 199 Å². The molecule has 1 aliphatic rings. The molecule has 12 aromatic rings. The van der Waals surface area contributed by atoms with Crippen molar-refractivity contribution >= 4 is 66.7 Å². The van der Waals surface area contributed by atoms with Crippen molar-refractivity contribution in [2.75, 3.05) is 0 Å². The molecule has 6 nitrogen and oxygen atoms in total. The Labute approximate surface area is 362 Å². The molecule has 0 spiro atoms. The number of nitrogens with zero attached hydrogens (tertiary/aromatic N) is 5. The highest BCUT2D eigenvalue weighted by Gasteiger charge is 2.23. The third-order valence-electron chi connectivity index (χ3n) is 12.7. The quantitative estimate of drug-likeness (QED) is 0.168. The zero-order valence-electron chi connectivity index (χ0n) is 34.1. The molecule has 6 heteroatoms. The second-order valence-electron chi connectivity index (χ2n) is 16.4. The lowest BCUT2D eigenvalue weighted by Gasteiger charge is -2.15. The summed E-state index contributed by atoms with van der Waals surface area (Å²) >= 11 is 0. The highest BCUT2D eigenvalue weighted by atomic mass is 16.3. The Kier molecular flexibility index (Phi) is 7.93. The van der Waals surface area contributed by atoms with Crippen molar-refractivity contribution in [3.63, 3.8) is 0 Å². The molecule has 0 N–H and O–H groups in total. The Bertz CT molecular complexity index is 3830. The fourth-order valence-electron chi connectivity index (χ4n) is 9.69. The normalized spacial score (nSPS) is 13.7. The van der Waals surface area contributed by atoms with Gasteiger partial charge in [0.05, 0.1) is 22.1 Å². The Morgan fingerprint density at radius 3 is 1.70 bits per heavy atom. The highest BCUT2D eigenvalue weighted by molar-refractivity contribution is 6.13. The topological polar surface area (TPSA) is 61.7 Å². The van der Waals surface area contributed by atoms with Gasteiger partial charge >= 0.3 is 0 Å². The van der Waals surface area contributed by atoms with Crippen LogP contribution >= 0.6 is 0 Å². The first kappa shape index (κ1) is 35.4. The summed E-state index contributed by atoms with van der Waals surface area (Å²) in [6.07, 6.45) is 5.21. The molecule has 4 heterocycles. The summed E-state index contributed by atoms with van der Waals surface area (Å²) < 4.78 is 11.3. The smallest absolute Gasteiger partial charge is 0.238 e. The average Bonchev–Trinajstić information content (AvgIpc) is 4.00. The van der Waals surface area contributed by atoms with E-state index in [0.717, 1.165) is 77.1 Å². The minimum Gasteiger partial charge on any atom is -0.456 e. The van der Waals surface area contributed by atoms with Crippen LogP contribution in [0.1, 0.15) is 18.2 Å². The maximum Gasteiger partial charge on any atom is 0.238 e. The molecule has 1 atom stereocenters. The second-order valence-corrected chi connectivity index (χ2v) is 16.4. The molecular formula is C57H37N5O. The van der Waals surface area contributed by atoms with E-state index in [9.17, 15) is 0 Å².